The van der Waals surface area contributed by atoms with E-state index in [0.717, 1.165) is 49.2 Å². The van der Waals surface area contributed by atoms with Crippen LogP contribution in [0.1, 0.15) is 138 Å². The van der Waals surface area contributed by atoms with Crippen LogP contribution in [0.25, 0.3) is 0 Å². The number of para-hydroxylation sites is 2. The smallest absolute Gasteiger partial charge is 0.0698 e. The molecule has 0 aliphatic carbocycles. The number of halogens is 2. The van der Waals surface area contributed by atoms with Gasteiger partial charge in [0.25, 0.3) is 0 Å². The van der Waals surface area contributed by atoms with Crippen molar-refractivity contribution in [1.29, 1.82) is 0 Å². The molecule has 2 fully saturated rings. The van der Waals surface area contributed by atoms with Crippen LogP contribution in [0, 0.1) is 0 Å². The third kappa shape index (κ3) is 14.1. The maximum Gasteiger partial charge on any atom is 0.0698 e. The monoisotopic (exact) mass is 705 g/mol. The Labute approximate surface area is 303 Å². The van der Waals surface area contributed by atoms with Crippen LogP contribution in [0.5, 0.6) is 0 Å². The van der Waals surface area contributed by atoms with Gasteiger partial charge in [0.1, 0.15) is 0 Å². The van der Waals surface area contributed by atoms with Crippen molar-refractivity contribution in [3.8, 4) is 0 Å². The first-order chi connectivity index (χ1) is 20.7. The van der Waals surface area contributed by atoms with Crippen molar-refractivity contribution in [3.05, 3.63) is 82.2 Å². The molecule has 2 aromatic carbocycles. The van der Waals surface area contributed by atoms with Gasteiger partial charge in [-0.15, -0.1) is 11.4 Å². The van der Waals surface area contributed by atoms with Gasteiger partial charge in [-0.2, -0.15) is 0 Å². The number of rotatable bonds is 8. The van der Waals surface area contributed by atoms with E-state index in [1.54, 1.807) is 0 Å². The topological polar surface area (TPSA) is 57.3 Å². The summed E-state index contributed by atoms with van der Waals surface area (Å²) in [6.45, 7) is 21.7. The zero-order valence-electron chi connectivity index (χ0n) is 29.1. The Morgan fingerprint density at radius 2 is 0.804 bits per heavy atom. The van der Waals surface area contributed by atoms with Crippen molar-refractivity contribution in [3.63, 3.8) is 0 Å². The average Bonchev–Trinajstić information content (AvgIpc) is 3.80. The molecule has 0 saturated carbocycles. The fourth-order valence-corrected chi connectivity index (χ4v) is 5.14. The molecule has 46 heavy (non-hydrogen) atoms. The van der Waals surface area contributed by atoms with Crippen LogP contribution in [0.2, 0.25) is 0 Å². The summed E-state index contributed by atoms with van der Waals surface area (Å²) >= 11 is 0. The molecule has 0 unspecified atom stereocenters. The average molecular weight is 707 g/mol. The Hall–Kier alpha value is -1.86. The number of aromatic nitrogens is 1. The van der Waals surface area contributed by atoms with Crippen LogP contribution in [0.3, 0.4) is 0 Å². The second kappa shape index (κ2) is 23.5. The molecule has 0 N–H and O–H groups in total. The Morgan fingerprint density at radius 3 is 1.02 bits per heavy atom. The summed E-state index contributed by atoms with van der Waals surface area (Å²) in [6, 6.07) is 17.0. The van der Waals surface area contributed by atoms with Crippen LogP contribution < -0.4 is 29.8 Å². The predicted octanol–water partition coefficient (Wildman–Crippen LogP) is 4.24. The van der Waals surface area contributed by atoms with Crippen LogP contribution in [-0.4, -0.2) is 38.9 Å². The molecule has 3 aromatic rings. The molecule has 1 radical (unpaired) electrons. The Morgan fingerprint density at radius 1 is 0.522 bits per heavy atom. The van der Waals surface area contributed by atoms with Crippen molar-refractivity contribution in [1.82, 2.24) is 4.98 Å². The van der Waals surface area contributed by atoms with Gasteiger partial charge in [-0.3, -0.25) is 9.98 Å². The van der Waals surface area contributed by atoms with E-state index < -0.39 is 0 Å². The van der Waals surface area contributed by atoms with E-state index in [1.807, 2.05) is 24.6 Å². The Bertz CT molecular complexity index is 1150. The molecular weight excluding hydrogens is 652 g/mol. The number of benzene rings is 2. The maximum absolute atomic E-state index is 4.94. The second-order valence-electron chi connectivity index (χ2n) is 12.6. The van der Waals surface area contributed by atoms with E-state index in [-0.39, 0.29) is 43.4 Å². The van der Waals surface area contributed by atoms with Gasteiger partial charge in [-0.25, -0.2) is 0 Å². The number of ether oxygens (including phenoxy) is 2. The van der Waals surface area contributed by atoms with Crippen LogP contribution >= 0.6 is 0 Å². The van der Waals surface area contributed by atoms with E-state index in [9.17, 15) is 0 Å². The summed E-state index contributed by atoms with van der Waals surface area (Å²) in [7, 11) is 0. The normalized spacial score (nSPS) is 14.2. The first kappa shape index (κ1) is 44.1. The van der Waals surface area contributed by atoms with Crippen molar-refractivity contribution in [2.45, 2.75) is 105 Å². The molecule has 5 rings (SSSR count). The standard InChI is InChI=1S/C30H38N3.2C4H8O.2ClH.V/c1-19(2)25-11-9-12-26(20(3)4)29(25)31-17-23-15-16-24(33-23)18-32-30-27(21(5)6)13-10-14-28(30)22(7)8;2*1-2-4-5-3-1;;;/h9-22H,1-8H3;2*1-4H2;2*1H;/q-1;;;;;/p-2. The quantitative estimate of drug-likeness (QED) is 0.330. The van der Waals surface area contributed by atoms with Gasteiger partial charge < -0.3 is 39.3 Å². The van der Waals surface area contributed by atoms with Gasteiger partial charge in [0, 0.05) is 57.4 Å². The molecule has 255 valence electrons. The second-order valence-corrected chi connectivity index (χ2v) is 12.6. The summed E-state index contributed by atoms with van der Waals surface area (Å²) in [5.41, 5.74) is 8.96. The molecule has 0 spiro atoms. The largest absolute Gasteiger partial charge is 1.00 e. The first-order valence-electron chi connectivity index (χ1n) is 16.3. The Balaban J connectivity index is 0.00000132. The van der Waals surface area contributed by atoms with Crippen molar-refractivity contribution >= 4 is 23.8 Å². The minimum absolute atomic E-state index is 0. The molecule has 8 heteroatoms. The van der Waals surface area contributed by atoms with Crippen LogP contribution in [-0.2, 0) is 28.0 Å². The Kier molecular flexibility index (Phi) is 22.5. The van der Waals surface area contributed by atoms with Crippen molar-refractivity contribution < 1.29 is 52.8 Å². The molecule has 0 atom stereocenters. The molecule has 2 aliphatic heterocycles. The van der Waals surface area contributed by atoms with Gasteiger partial charge in [0.15, 0.2) is 0 Å². The van der Waals surface area contributed by atoms with Gasteiger partial charge >= 0.3 is 0 Å². The molecule has 2 aliphatic rings. The first-order valence-corrected chi connectivity index (χ1v) is 16.3. The number of nitrogens with zero attached hydrogens (tertiary/aromatic N) is 3. The minimum atomic E-state index is 0. The summed E-state index contributed by atoms with van der Waals surface area (Å²) in [5, 5.41) is 0. The zero-order valence-corrected chi connectivity index (χ0v) is 32.0. The molecule has 1 aromatic heterocycles. The molecule has 2 saturated heterocycles. The molecule has 0 bridgehead atoms. The van der Waals surface area contributed by atoms with E-state index in [1.165, 1.54) is 47.9 Å². The third-order valence-electron chi connectivity index (χ3n) is 7.67. The number of hydrogen-bond donors (Lipinski definition) is 0. The molecule has 0 amide bonds. The van der Waals surface area contributed by atoms with Crippen LogP contribution in [0.15, 0.2) is 58.5 Å². The van der Waals surface area contributed by atoms with Gasteiger partial charge in [0.05, 0.1) is 11.4 Å². The summed E-state index contributed by atoms with van der Waals surface area (Å²) in [6.07, 6.45) is 8.87. The zero-order chi connectivity index (χ0) is 31.2. The third-order valence-corrected chi connectivity index (χ3v) is 7.67. The van der Waals surface area contributed by atoms with Crippen molar-refractivity contribution in [2.75, 3.05) is 26.4 Å². The van der Waals surface area contributed by atoms with E-state index in [4.69, 9.17) is 24.4 Å². The maximum atomic E-state index is 4.94. The van der Waals surface area contributed by atoms with E-state index in [2.05, 4.69) is 91.8 Å². The van der Waals surface area contributed by atoms with E-state index >= 15 is 0 Å². The summed E-state index contributed by atoms with van der Waals surface area (Å²) in [5.74, 6) is 1.68. The van der Waals surface area contributed by atoms with Crippen molar-refractivity contribution in [2.24, 2.45) is 9.98 Å². The molecule has 3 heterocycles. The summed E-state index contributed by atoms with van der Waals surface area (Å²) < 4.78 is 9.89. The minimum Gasteiger partial charge on any atom is -1.00 e. The van der Waals surface area contributed by atoms with Gasteiger partial charge in [-0.05, 0) is 71.6 Å². The van der Waals surface area contributed by atoms with Gasteiger partial charge in [0.2, 0.25) is 0 Å². The number of aliphatic imine (C=N–C) groups is 2. The predicted molar refractivity (Wildman–Crippen MR) is 184 cm³/mol. The number of hydrogen-bond acceptors (Lipinski definition) is 4. The molecule has 5 nitrogen and oxygen atoms in total. The van der Waals surface area contributed by atoms with Gasteiger partial charge in [-0.1, -0.05) is 104 Å². The SMILES string of the molecule is C1CCOC1.C1CCOC1.CC(C)c1cccc(C(C)C)c1N=Cc1ccc(C=Nc2c(C(C)C)cccc2C(C)C)[n-]1.[Cl-].[Cl-].[V]. The fourth-order valence-electron chi connectivity index (χ4n) is 5.14. The summed E-state index contributed by atoms with van der Waals surface area (Å²) in [4.78, 5) is 14.5. The van der Waals surface area contributed by atoms with Crippen LogP contribution in [0.4, 0.5) is 11.4 Å². The molecular formula is C38H54Cl2N3O2V-3. The fraction of sp³-hybridized carbons (Fsp3) is 0.526. The van der Waals surface area contributed by atoms with E-state index in [0.29, 0.717) is 23.7 Å².